The standard InChI is InChI=1S/C24H21NO2S/c1-16(2)17-7-10-19(11-8-17)23-25-22(15-28-23)14-27-24(26)21-12-9-18-5-3-4-6-20(18)13-21/h3-13,15-16H,14H2,1-2H3. The topological polar surface area (TPSA) is 39.2 Å². The first-order valence-corrected chi connectivity index (χ1v) is 10.2. The molecule has 0 saturated carbocycles. The molecule has 1 heterocycles. The van der Waals surface area contributed by atoms with Gasteiger partial charge in [0.2, 0.25) is 0 Å². The minimum atomic E-state index is -0.332. The molecule has 3 aromatic carbocycles. The molecule has 0 amide bonds. The van der Waals surface area contributed by atoms with Crippen LogP contribution in [0.4, 0.5) is 0 Å². The first-order chi connectivity index (χ1) is 13.6. The van der Waals surface area contributed by atoms with Crippen LogP contribution in [0.3, 0.4) is 0 Å². The van der Waals surface area contributed by atoms with Crippen molar-refractivity contribution in [2.75, 3.05) is 0 Å². The van der Waals surface area contributed by atoms with Crippen LogP contribution >= 0.6 is 11.3 Å². The molecule has 0 atom stereocenters. The molecule has 0 aliphatic heterocycles. The van der Waals surface area contributed by atoms with Crippen LogP contribution in [0.15, 0.2) is 72.1 Å². The molecule has 4 aromatic rings. The maximum Gasteiger partial charge on any atom is 0.338 e. The fourth-order valence-electron chi connectivity index (χ4n) is 3.06. The Bertz CT molecular complexity index is 1110. The van der Waals surface area contributed by atoms with E-state index in [1.165, 1.54) is 5.56 Å². The second-order valence-corrected chi connectivity index (χ2v) is 7.92. The molecule has 4 heteroatoms. The molecular formula is C24H21NO2S. The van der Waals surface area contributed by atoms with E-state index in [-0.39, 0.29) is 12.6 Å². The van der Waals surface area contributed by atoms with Crippen molar-refractivity contribution >= 4 is 28.1 Å². The zero-order valence-corrected chi connectivity index (χ0v) is 16.7. The number of fused-ring (bicyclic) bond motifs is 1. The van der Waals surface area contributed by atoms with E-state index in [0.29, 0.717) is 11.5 Å². The van der Waals surface area contributed by atoms with Gasteiger partial charge in [-0.2, -0.15) is 0 Å². The van der Waals surface area contributed by atoms with E-state index in [1.54, 1.807) is 17.4 Å². The molecule has 0 aliphatic rings. The Morgan fingerprint density at radius 1 is 1.00 bits per heavy atom. The second-order valence-electron chi connectivity index (χ2n) is 7.06. The summed E-state index contributed by atoms with van der Waals surface area (Å²) >= 11 is 1.56. The Kier molecular flexibility index (Phi) is 5.22. The van der Waals surface area contributed by atoms with Gasteiger partial charge in [-0.3, -0.25) is 0 Å². The lowest BCUT2D eigenvalue weighted by Crippen LogP contribution is -2.05. The summed E-state index contributed by atoms with van der Waals surface area (Å²) in [6.07, 6.45) is 0. The van der Waals surface area contributed by atoms with Gasteiger partial charge in [-0.05, 0) is 34.4 Å². The Morgan fingerprint density at radius 2 is 1.75 bits per heavy atom. The van der Waals surface area contributed by atoms with E-state index in [0.717, 1.165) is 27.0 Å². The van der Waals surface area contributed by atoms with Crippen LogP contribution < -0.4 is 0 Å². The first-order valence-electron chi connectivity index (χ1n) is 9.31. The van der Waals surface area contributed by atoms with Crippen LogP contribution in [0.1, 0.15) is 41.4 Å². The lowest BCUT2D eigenvalue weighted by Gasteiger charge is -2.05. The summed E-state index contributed by atoms with van der Waals surface area (Å²) in [6, 6.07) is 22.0. The SMILES string of the molecule is CC(C)c1ccc(-c2nc(COC(=O)c3ccc4ccccc4c3)cs2)cc1. The van der Waals surface area contributed by atoms with Crippen LogP contribution in [-0.4, -0.2) is 11.0 Å². The normalized spacial score (nSPS) is 11.1. The van der Waals surface area contributed by atoms with Crippen LogP contribution in [0, 0.1) is 0 Å². The molecule has 3 nitrogen and oxygen atoms in total. The molecule has 0 N–H and O–H groups in total. The second kappa shape index (κ2) is 7.95. The average Bonchev–Trinajstić information content (AvgIpc) is 3.21. The van der Waals surface area contributed by atoms with E-state index in [1.807, 2.05) is 41.8 Å². The van der Waals surface area contributed by atoms with Crippen molar-refractivity contribution in [3.05, 3.63) is 88.9 Å². The quantitative estimate of drug-likeness (QED) is 0.370. The van der Waals surface area contributed by atoms with Crippen LogP contribution in [0.25, 0.3) is 21.3 Å². The number of carbonyl (C=O) groups is 1. The van der Waals surface area contributed by atoms with E-state index in [4.69, 9.17) is 4.74 Å². The number of nitrogens with zero attached hydrogens (tertiary/aromatic N) is 1. The van der Waals surface area contributed by atoms with Crippen molar-refractivity contribution in [3.8, 4) is 10.6 Å². The molecule has 0 unspecified atom stereocenters. The van der Waals surface area contributed by atoms with Crippen molar-refractivity contribution in [1.29, 1.82) is 0 Å². The number of hydrogen-bond donors (Lipinski definition) is 0. The summed E-state index contributed by atoms with van der Waals surface area (Å²) in [5, 5.41) is 5.01. The van der Waals surface area contributed by atoms with Gasteiger partial charge in [-0.1, -0.05) is 68.4 Å². The number of aromatic nitrogens is 1. The lowest BCUT2D eigenvalue weighted by molar-refractivity contribution is 0.0468. The average molecular weight is 388 g/mol. The van der Waals surface area contributed by atoms with E-state index < -0.39 is 0 Å². The third kappa shape index (κ3) is 3.97. The van der Waals surface area contributed by atoms with E-state index in [2.05, 4.69) is 43.1 Å². The zero-order chi connectivity index (χ0) is 19.5. The number of esters is 1. The monoisotopic (exact) mass is 387 g/mol. The van der Waals surface area contributed by atoms with Crippen molar-refractivity contribution < 1.29 is 9.53 Å². The molecule has 0 spiro atoms. The zero-order valence-electron chi connectivity index (χ0n) is 15.9. The summed E-state index contributed by atoms with van der Waals surface area (Å²) in [4.78, 5) is 17.0. The number of benzene rings is 3. The summed E-state index contributed by atoms with van der Waals surface area (Å²) in [5.74, 6) is 0.178. The highest BCUT2D eigenvalue weighted by atomic mass is 32.1. The number of ether oxygens (including phenoxy) is 1. The molecule has 140 valence electrons. The maximum absolute atomic E-state index is 12.4. The van der Waals surface area contributed by atoms with Crippen molar-refractivity contribution in [2.45, 2.75) is 26.4 Å². The third-order valence-corrected chi connectivity index (χ3v) is 5.65. The third-order valence-electron chi connectivity index (χ3n) is 4.71. The summed E-state index contributed by atoms with van der Waals surface area (Å²) in [7, 11) is 0. The molecule has 0 aliphatic carbocycles. The van der Waals surface area contributed by atoms with Gasteiger partial charge in [-0.15, -0.1) is 11.3 Å². The van der Waals surface area contributed by atoms with Crippen LogP contribution in [-0.2, 0) is 11.3 Å². The molecule has 0 fully saturated rings. The molecule has 4 rings (SSSR count). The maximum atomic E-state index is 12.4. The number of carbonyl (C=O) groups excluding carboxylic acids is 1. The van der Waals surface area contributed by atoms with E-state index in [9.17, 15) is 4.79 Å². The van der Waals surface area contributed by atoms with Gasteiger partial charge >= 0.3 is 5.97 Å². The minimum Gasteiger partial charge on any atom is -0.456 e. The Balaban J connectivity index is 1.42. The van der Waals surface area contributed by atoms with Crippen LogP contribution in [0.5, 0.6) is 0 Å². The predicted molar refractivity (Wildman–Crippen MR) is 115 cm³/mol. The minimum absolute atomic E-state index is 0.173. The summed E-state index contributed by atoms with van der Waals surface area (Å²) in [5.41, 5.74) is 3.71. The number of thiazole rings is 1. The smallest absolute Gasteiger partial charge is 0.338 e. The Hall–Kier alpha value is -2.98. The Labute approximate surface area is 168 Å². The summed E-state index contributed by atoms with van der Waals surface area (Å²) in [6.45, 7) is 4.53. The summed E-state index contributed by atoms with van der Waals surface area (Å²) < 4.78 is 5.47. The fourth-order valence-corrected chi connectivity index (χ4v) is 3.87. The van der Waals surface area contributed by atoms with Crippen molar-refractivity contribution in [2.24, 2.45) is 0 Å². The largest absolute Gasteiger partial charge is 0.456 e. The molecule has 1 aromatic heterocycles. The Morgan fingerprint density at radius 3 is 2.50 bits per heavy atom. The van der Waals surface area contributed by atoms with Gasteiger partial charge < -0.3 is 4.74 Å². The molecular weight excluding hydrogens is 366 g/mol. The fraction of sp³-hybridized carbons (Fsp3) is 0.167. The highest BCUT2D eigenvalue weighted by Gasteiger charge is 2.11. The van der Waals surface area contributed by atoms with E-state index >= 15 is 0 Å². The molecule has 0 bridgehead atoms. The first kappa shape index (κ1) is 18.4. The predicted octanol–water partition coefficient (Wildman–Crippen LogP) is 6.44. The van der Waals surface area contributed by atoms with Gasteiger partial charge in [0.25, 0.3) is 0 Å². The molecule has 28 heavy (non-hydrogen) atoms. The van der Waals surface area contributed by atoms with Gasteiger partial charge in [0.1, 0.15) is 11.6 Å². The lowest BCUT2D eigenvalue weighted by atomic mass is 10.0. The van der Waals surface area contributed by atoms with Gasteiger partial charge in [0, 0.05) is 10.9 Å². The molecule has 0 saturated heterocycles. The highest BCUT2D eigenvalue weighted by molar-refractivity contribution is 7.13. The van der Waals surface area contributed by atoms with Gasteiger partial charge in [0.15, 0.2) is 0 Å². The van der Waals surface area contributed by atoms with Gasteiger partial charge in [0.05, 0.1) is 11.3 Å². The number of hydrogen-bond acceptors (Lipinski definition) is 4. The number of rotatable bonds is 5. The molecule has 0 radical (unpaired) electrons. The van der Waals surface area contributed by atoms with Crippen LogP contribution in [0.2, 0.25) is 0 Å². The van der Waals surface area contributed by atoms with Crippen molar-refractivity contribution in [3.63, 3.8) is 0 Å². The highest BCUT2D eigenvalue weighted by Crippen LogP contribution is 2.26. The van der Waals surface area contributed by atoms with Crippen molar-refractivity contribution in [1.82, 2.24) is 4.98 Å². The van der Waals surface area contributed by atoms with Gasteiger partial charge in [-0.25, -0.2) is 9.78 Å².